The first kappa shape index (κ1) is 14.4. The van der Waals surface area contributed by atoms with Gasteiger partial charge in [-0.1, -0.05) is 17.2 Å². The highest BCUT2D eigenvalue weighted by Gasteiger charge is 2.39. The molecular formula is C16H7FN2O4. The Morgan fingerprint density at radius 2 is 1.70 bits per heavy atom. The van der Waals surface area contributed by atoms with Crippen LogP contribution < -0.4 is 0 Å². The minimum atomic E-state index is -1.24. The molecule has 0 N–H and O–H groups in total. The molecule has 0 unspecified atom stereocenters. The van der Waals surface area contributed by atoms with E-state index in [4.69, 9.17) is 10.1 Å². The van der Waals surface area contributed by atoms with E-state index in [1.54, 1.807) is 18.2 Å². The van der Waals surface area contributed by atoms with Gasteiger partial charge in [-0.05, 0) is 30.3 Å². The standard InChI is InChI=1S/C16H7FN2O4/c17-13-6-5-9(8-18)7-12(13)16(22)23-19-14(20)10-3-1-2-4-11(10)15(19)21/h1-7H. The number of fused-ring (bicyclic) bond motifs is 1. The van der Waals surface area contributed by atoms with Gasteiger partial charge < -0.3 is 4.84 Å². The third kappa shape index (κ3) is 2.32. The maximum absolute atomic E-state index is 13.7. The molecule has 0 atom stereocenters. The highest BCUT2D eigenvalue weighted by Crippen LogP contribution is 2.23. The molecule has 2 amide bonds. The van der Waals surface area contributed by atoms with E-state index in [1.807, 2.05) is 0 Å². The molecule has 112 valence electrons. The Bertz CT molecular complexity index is 866. The van der Waals surface area contributed by atoms with Gasteiger partial charge in [0.05, 0.1) is 28.3 Å². The van der Waals surface area contributed by atoms with E-state index in [0.717, 1.165) is 12.1 Å². The van der Waals surface area contributed by atoms with Gasteiger partial charge in [-0.3, -0.25) is 9.59 Å². The molecule has 2 aromatic carbocycles. The fraction of sp³-hybridized carbons (Fsp3) is 0. The van der Waals surface area contributed by atoms with Gasteiger partial charge in [0.25, 0.3) is 11.8 Å². The predicted molar refractivity (Wildman–Crippen MR) is 73.5 cm³/mol. The number of nitriles is 1. The minimum Gasteiger partial charge on any atom is -0.324 e. The van der Waals surface area contributed by atoms with Gasteiger partial charge in [0.15, 0.2) is 0 Å². The van der Waals surface area contributed by atoms with Crippen molar-refractivity contribution in [3.63, 3.8) is 0 Å². The summed E-state index contributed by atoms with van der Waals surface area (Å²) in [5.74, 6) is -3.79. The monoisotopic (exact) mass is 310 g/mol. The second kappa shape index (κ2) is 5.35. The lowest BCUT2D eigenvalue weighted by Gasteiger charge is -2.13. The zero-order valence-corrected chi connectivity index (χ0v) is 11.4. The summed E-state index contributed by atoms with van der Waals surface area (Å²) in [5.41, 5.74) is -0.311. The summed E-state index contributed by atoms with van der Waals surface area (Å²) in [6.45, 7) is 0. The highest BCUT2D eigenvalue weighted by atomic mass is 19.1. The lowest BCUT2D eigenvalue weighted by Crippen LogP contribution is -2.33. The van der Waals surface area contributed by atoms with Crippen LogP contribution in [0.25, 0.3) is 0 Å². The molecule has 0 radical (unpaired) electrons. The van der Waals surface area contributed by atoms with Crippen LogP contribution in [0.4, 0.5) is 4.39 Å². The quantitative estimate of drug-likeness (QED) is 0.792. The number of rotatable bonds is 2. The Morgan fingerprint density at radius 3 is 2.26 bits per heavy atom. The van der Waals surface area contributed by atoms with Crippen LogP contribution in [0.3, 0.4) is 0 Å². The minimum absolute atomic E-state index is 0.0423. The molecular weight excluding hydrogens is 303 g/mol. The van der Waals surface area contributed by atoms with E-state index in [0.29, 0.717) is 0 Å². The molecule has 1 aliphatic rings. The van der Waals surface area contributed by atoms with Gasteiger partial charge in [-0.15, -0.1) is 0 Å². The van der Waals surface area contributed by atoms with Crippen molar-refractivity contribution in [2.45, 2.75) is 0 Å². The second-order valence-corrected chi connectivity index (χ2v) is 4.64. The van der Waals surface area contributed by atoms with Crippen LogP contribution >= 0.6 is 0 Å². The smallest absolute Gasteiger partial charge is 0.324 e. The molecule has 2 aromatic rings. The molecule has 1 heterocycles. The fourth-order valence-corrected chi connectivity index (χ4v) is 2.13. The Hall–Kier alpha value is -3.53. The van der Waals surface area contributed by atoms with Crippen LogP contribution in [0.2, 0.25) is 0 Å². The largest absolute Gasteiger partial charge is 0.366 e. The molecule has 0 aliphatic carbocycles. The van der Waals surface area contributed by atoms with Gasteiger partial charge in [0, 0.05) is 0 Å². The van der Waals surface area contributed by atoms with Crippen molar-refractivity contribution >= 4 is 17.8 Å². The SMILES string of the molecule is N#Cc1ccc(F)c(C(=O)ON2C(=O)c3ccccc3C2=O)c1. The number of hydroxylamine groups is 2. The summed E-state index contributed by atoms with van der Waals surface area (Å²) in [6, 6.07) is 10.8. The average Bonchev–Trinajstić information content (AvgIpc) is 2.80. The zero-order chi connectivity index (χ0) is 16.6. The van der Waals surface area contributed by atoms with E-state index in [-0.39, 0.29) is 21.8 Å². The average molecular weight is 310 g/mol. The number of amides is 2. The van der Waals surface area contributed by atoms with E-state index in [9.17, 15) is 18.8 Å². The highest BCUT2D eigenvalue weighted by molar-refractivity contribution is 6.21. The van der Waals surface area contributed by atoms with Crippen LogP contribution in [-0.4, -0.2) is 22.8 Å². The molecule has 23 heavy (non-hydrogen) atoms. The van der Waals surface area contributed by atoms with Crippen LogP contribution in [0, 0.1) is 17.1 Å². The Balaban J connectivity index is 1.89. The molecule has 0 fully saturated rings. The molecule has 0 aromatic heterocycles. The Labute approximate surface area is 129 Å². The van der Waals surface area contributed by atoms with E-state index in [1.165, 1.54) is 18.2 Å². The number of carbonyl (C=O) groups excluding carboxylic acids is 3. The zero-order valence-electron chi connectivity index (χ0n) is 11.4. The molecule has 0 spiro atoms. The first-order valence-corrected chi connectivity index (χ1v) is 6.42. The lowest BCUT2D eigenvalue weighted by molar-refractivity contribution is -0.0587. The molecule has 6 nitrogen and oxygen atoms in total. The number of nitrogens with zero attached hydrogens (tertiary/aromatic N) is 2. The Kier molecular flexibility index (Phi) is 3.35. The first-order chi connectivity index (χ1) is 11.0. The van der Waals surface area contributed by atoms with Gasteiger partial charge in [0.2, 0.25) is 0 Å². The van der Waals surface area contributed by atoms with Crippen LogP contribution in [0.15, 0.2) is 42.5 Å². The van der Waals surface area contributed by atoms with Gasteiger partial charge >= 0.3 is 5.97 Å². The van der Waals surface area contributed by atoms with E-state index in [2.05, 4.69) is 0 Å². The van der Waals surface area contributed by atoms with Crippen molar-refractivity contribution in [3.05, 3.63) is 70.5 Å². The summed E-state index contributed by atoms with van der Waals surface area (Å²) in [4.78, 5) is 40.9. The number of halogens is 1. The van der Waals surface area contributed by atoms with Crippen molar-refractivity contribution < 1.29 is 23.6 Å². The summed E-state index contributed by atoms with van der Waals surface area (Å²) < 4.78 is 13.7. The topological polar surface area (TPSA) is 87.5 Å². The maximum atomic E-state index is 13.7. The molecule has 0 saturated carbocycles. The van der Waals surface area contributed by atoms with Gasteiger partial charge in [-0.2, -0.15) is 5.26 Å². The summed E-state index contributed by atoms with van der Waals surface area (Å²) in [5, 5.41) is 9.06. The van der Waals surface area contributed by atoms with Crippen molar-refractivity contribution in [1.29, 1.82) is 5.26 Å². The lowest BCUT2D eigenvalue weighted by atomic mass is 10.1. The summed E-state index contributed by atoms with van der Waals surface area (Å²) >= 11 is 0. The van der Waals surface area contributed by atoms with E-state index < -0.39 is 29.2 Å². The Morgan fingerprint density at radius 1 is 1.09 bits per heavy atom. The number of benzene rings is 2. The van der Waals surface area contributed by atoms with Crippen LogP contribution in [0.1, 0.15) is 36.6 Å². The van der Waals surface area contributed by atoms with E-state index >= 15 is 0 Å². The number of hydrogen-bond acceptors (Lipinski definition) is 5. The number of imide groups is 1. The van der Waals surface area contributed by atoms with Crippen molar-refractivity contribution in [3.8, 4) is 6.07 Å². The maximum Gasteiger partial charge on any atom is 0.366 e. The predicted octanol–water partition coefficient (Wildman–Crippen LogP) is 2.07. The second-order valence-electron chi connectivity index (χ2n) is 4.64. The van der Waals surface area contributed by atoms with Crippen LogP contribution in [-0.2, 0) is 4.84 Å². The molecule has 0 saturated heterocycles. The van der Waals surface area contributed by atoms with Gasteiger partial charge in [-0.25, -0.2) is 9.18 Å². The fourth-order valence-electron chi connectivity index (χ4n) is 2.13. The molecule has 1 aliphatic heterocycles. The third-order valence-corrected chi connectivity index (χ3v) is 3.25. The molecule has 7 heteroatoms. The third-order valence-electron chi connectivity index (χ3n) is 3.25. The normalized spacial score (nSPS) is 12.8. The van der Waals surface area contributed by atoms with Crippen molar-refractivity contribution in [1.82, 2.24) is 5.06 Å². The van der Waals surface area contributed by atoms with Crippen molar-refractivity contribution in [2.75, 3.05) is 0 Å². The number of carbonyl (C=O) groups is 3. The summed E-state index contributed by atoms with van der Waals surface area (Å²) in [7, 11) is 0. The van der Waals surface area contributed by atoms with Gasteiger partial charge in [0.1, 0.15) is 5.82 Å². The first-order valence-electron chi connectivity index (χ1n) is 6.42. The number of hydrogen-bond donors (Lipinski definition) is 0. The molecule has 3 rings (SSSR count). The van der Waals surface area contributed by atoms with Crippen molar-refractivity contribution in [2.24, 2.45) is 0 Å². The summed E-state index contributed by atoms with van der Waals surface area (Å²) in [6.07, 6.45) is 0. The van der Waals surface area contributed by atoms with Crippen LogP contribution in [0.5, 0.6) is 0 Å². The molecule has 0 bridgehead atoms.